The Morgan fingerprint density at radius 2 is 2.00 bits per heavy atom. The van der Waals surface area contributed by atoms with Crippen molar-refractivity contribution in [1.82, 2.24) is 15.2 Å². The third-order valence-corrected chi connectivity index (χ3v) is 2.45. The van der Waals surface area contributed by atoms with Gasteiger partial charge in [0.1, 0.15) is 5.69 Å². The lowest BCUT2D eigenvalue weighted by atomic mass is 10.0. The zero-order valence-corrected chi connectivity index (χ0v) is 10.1. The Morgan fingerprint density at radius 1 is 1.26 bits per heavy atom. The summed E-state index contributed by atoms with van der Waals surface area (Å²) >= 11 is 0. The van der Waals surface area contributed by atoms with Gasteiger partial charge in [0, 0.05) is 24.2 Å². The van der Waals surface area contributed by atoms with Gasteiger partial charge in [-0.3, -0.25) is 14.6 Å². The van der Waals surface area contributed by atoms with Crippen LogP contribution >= 0.6 is 0 Å². The summed E-state index contributed by atoms with van der Waals surface area (Å²) in [5, 5.41) is 7.46. The normalized spacial score (nSPS) is 10.4. The number of nitrogens with zero attached hydrogens (tertiary/aromatic N) is 3. The topological polar surface area (TPSA) is 138 Å². The van der Waals surface area contributed by atoms with Crippen molar-refractivity contribution in [2.24, 2.45) is 11.5 Å². The lowest BCUT2D eigenvalue weighted by Crippen LogP contribution is -2.21. The molecule has 0 unspecified atom stereocenters. The van der Waals surface area contributed by atoms with Gasteiger partial charge in [-0.15, -0.1) is 10.2 Å². The average molecular weight is 261 g/mol. The maximum Gasteiger partial charge on any atom is 0.267 e. The van der Waals surface area contributed by atoms with Gasteiger partial charge in [-0.2, -0.15) is 0 Å². The number of carbonyl (C=O) groups excluding carboxylic acids is 2. The Labute approximate surface area is 107 Å². The van der Waals surface area contributed by atoms with Crippen molar-refractivity contribution < 1.29 is 14.0 Å². The first-order valence-corrected chi connectivity index (χ1v) is 5.35. The van der Waals surface area contributed by atoms with Crippen molar-refractivity contribution in [2.75, 3.05) is 0 Å². The Hall–Kier alpha value is -2.77. The maximum absolute atomic E-state index is 11.4. The van der Waals surface area contributed by atoms with E-state index in [1.165, 1.54) is 12.3 Å². The van der Waals surface area contributed by atoms with Gasteiger partial charge < -0.3 is 15.9 Å². The fourth-order valence-corrected chi connectivity index (χ4v) is 1.67. The molecule has 2 amide bonds. The van der Waals surface area contributed by atoms with E-state index >= 15 is 0 Å². The molecule has 0 aliphatic carbocycles. The van der Waals surface area contributed by atoms with Crippen molar-refractivity contribution in [3.8, 4) is 0 Å². The quantitative estimate of drug-likeness (QED) is 0.765. The molecule has 2 heterocycles. The van der Waals surface area contributed by atoms with Crippen LogP contribution in [0.4, 0.5) is 0 Å². The largest absolute Gasteiger partial charge is 0.425 e. The van der Waals surface area contributed by atoms with Crippen LogP contribution in [0.15, 0.2) is 16.7 Å². The first kappa shape index (κ1) is 12.7. The van der Waals surface area contributed by atoms with Gasteiger partial charge in [-0.1, -0.05) is 0 Å². The van der Waals surface area contributed by atoms with Gasteiger partial charge in [-0.05, 0) is 6.07 Å². The van der Waals surface area contributed by atoms with Crippen LogP contribution in [0.5, 0.6) is 0 Å². The van der Waals surface area contributed by atoms with Crippen molar-refractivity contribution >= 4 is 11.8 Å². The van der Waals surface area contributed by atoms with E-state index in [2.05, 4.69) is 15.2 Å². The molecule has 98 valence electrons. The number of nitrogens with two attached hydrogens (primary N) is 2. The van der Waals surface area contributed by atoms with Crippen LogP contribution < -0.4 is 11.5 Å². The SMILES string of the molecule is Cc1nnc(Cc2c(C(N)=O)ccnc2C(N)=O)o1. The molecule has 0 radical (unpaired) electrons. The molecule has 8 heteroatoms. The van der Waals surface area contributed by atoms with Crippen molar-refractivity contribution in [2.45, 2.75) is 13.3 Å². The van der Waals surface area contributed by atoms with Gasteiger partial charge in [-0.25, -0.2) is 0 Å². The summed E-state index contributed by atoms with van der Waals surface area (Å²) in [6.07, 6.45) is 1.36. The zero-order chi connectivity index (χ0) is 14.0. The van der Waals surface area contributed by atoms with Crippen LogP contribution in [0.2, 0.25) is 0 Å². The van der Waals surface area contributed by atoms with Gasteiger partial charge in [0.15, 0.2) is 0 Å². The molecule has 4 N–H and O–H groups in total. The summed E-state index contributed by atoms with van der Waals surface area (Å²) in [5.74, 6) is -0.818. The lowest BCUT2D eigenvalue weighted by molar-refractivity contribution is 0.0994. The Balaban J connectivity index is 2.52. The molecule has 0 aromatic carbocycles. The highest BCUT2D eigenvalue weighted by molar-refractivity contribution is 5.99. The smallest absolute Gasteiger partial charge is 0.267 e. The van der Waals surface area contributed by atoms with Crippen LogP contribution in [0.3, 0.4) is 0 Å². The van der Waals surface area contributed by atoms with E-state index in [0.29, 0.717) is 5.89 Å². The molecule has 2 aromatic rings. The van der Waals surface area contributed by atoms with E-state index in [0.717, 1.165) is 0 Å². The number of amides is 2. The minimum absolute atomic E-state index is 0.0350. The minimum atomic E-state index is -0.755. The molecule has 0 bridgehead atoms. The molecule has 0 aliphatic rings. The van der Waals surface area contributed by atoms with Crippen LogP contribution in [-0.2, 0) is 6.42 Å². The Bertz CT molecular complexity index is 617. The standard InChI is InChI=1S/C11H11N5O3/c1-5-15-16-8(19-5)4-7-6(10(12)17)2-3-14-9(7)11(13)18/h2-3H,4H2,1H3,(H2,12,17)(H2,13,18). The fourth-order valence-electron chi connectivity index (χ4n) is 1.67. The Kier molecular flexibility index (Phi) is 3.23. The van der Waals surface area contributed by atoms with E-state index in [1.807, 2.05) is 0 Å². The molecule has 0 saturated carbocycles. The number of rotatable bonds is 4. The van der Waals surface area contributed by atoms with Crippen molar-refractivity contribution in [3.05, 3.63) is 40.9 Å². The molecule has 2 aromatic heterocycles. The van der Waals surface area contributed by atoms with E-state index in [4.69, 9.17) is 15.9 Å². The molecular weight excluding hydrogens is 250 g/mol. The number of carbonyl (C=O) groups is 2. The van der Waals surface area contributed by atoms with Gasteiger partial charge in [0.05, 0.1) is 6.42 Å². The molecular formula is C11H11N5O3. The van der Waals surface area contributed by atoms with Gasteiger partial charge >= 0.3 is 0 Å². The van der Waals surface area contributed by atoms with Crippen LogP contribution in [-0.4, -0.2) is 27.0 Å². The van der Waals surface area contributed by atoms with Gasteiger partial charge in [0.2, 0.25) is 17.7 Å². The summed E-state index contributed by atoms with van der Waals surface area (Å²) in [4.78, 5) is 26.6. The lowest BCUT2D eigenvalue weighted by Gasteiger charge is -2.07. The second-order valence-corrected chi connectivity index (χ2v) is 3.81. The number of pyridine rings is 1. The highest BCUT2D eigenvalue weighted by Gasteiger charge is 2.19. The third-order valence-electron chi connectivity index (χ3n) is 2.45. The molecule has 0 fully saturated rings. The summed E-state index contributed by atoms with van der Waals surface area (Å²) < 4.78 is 5.20. The number of hydrogen-bond acceptors (Lipinski definition) is 6. The molecule has 0 saturated heterocycles. The van der Waals surface area contributed by atoms with E-state index in [9.17, 15) is 9.59 Å². The average Bonchev–Trinajstić information content (AvgIpc) is 2.74. The predicted molar refractivity (Wildman–Crippen MR) is 63.1 cm³/mol. The van der Waals surface area contributed by atoms with E-state index in [1.54, 1.807) is 6.92 Å². The van der Waals surface area contributed by atoms with E-state index < -0.39 is 11.8 Å². The number of primary amides is 2. The fraction of sp³-hybridized carbons (Fsp3) is 0.182. The summed E-state index contributed by atoms with van der Waals surface area (Å²) in [7, 11) is 0. The summed E-state index contributed by atoms with van der Waals surface area (Å²) in [6, 6.07) is 1.41. The second-order valence-electron chi connectivity index (χ2n) is 3.81. The van der Waals surface area contributed by atoms with Gasteiger partial charge in [0.25, 0.3) is 5.91 Å². The van der Waals surface area contributed by atoms with Crippen molar-refractivity contribution in [3.63, 3.8) is 0 Å². The first-order chi connectivity index (χ1) is 8.99. The maximum atomic E-state index is 11.4. The highest BCUT2D eigenvalue weighted by atomic mass is 16.4. The highest BCUT2D eigenvalue weighted by Crippen LogP contribution is 2.16. The predicted octanol–water partition coefficient (Wildman–Crippen LogP) is -0.438. The van der Waals surface area contributed by atoms with Crippen LogP contribution in [0, 0.1) is 6.92 Å². The molecule has 0 aliphatic heterocycles. The summed E-state index contributed by atoms with van der Waals surface area (Å²) in [5.41, 5.74) is 10.9. The van der Waals surface area contributed by atoms with Crippen LogP contribution in [0.1, 0.15) is 38.2 Å². The number of aryl methyl sites for hydroxylation is 1. The molecule has 0 spiro atoms. The summed E-state index contributed by atoms with van der Waals surface area (Å²) in [6.45, 7) is 1.63. The zero-order valence-electron chi connectivity index (χ0n) is 10.1. The number of aromatic nitrogens is 3. The third kappa shape index (κ3) is 2.57. The molecule has 19 heavy (non-hydrogen) atoms. The Morgan fingerprint density at radius 3 is 2.53 bits per heavy atom. The molecule has 2 rings (SSSR count). The van der Waals surface area contributed by atoms with Crippen molar-refractivity contribution in [1.29, 1.82) is 0 Å². The monoisotopic (exact) mass is 261 g/mol. The second kappa shape index (κ2) is 4.84. The molecule has 8 nitrogen and oxygen atoms in total. The number of hydrogen-bond donors (Lipinski definition) is 2. The van der Waals surface area contributed by atoms with E-state index in [-0.39, 0.29) is 29.1 Å². The van der Waals surface area contributed by atoms with Crippen LogP contribution in [0.25, 0.3) is 0 Å². The molecule has 0 atom stereocenters. The minimum Gasteiger partial charge on any atom is -0.425 e. The first-order valence-electron chi connectivity index (χ1n) is 5.35.